The fourth-order valence-corrected chi connectivity index (χ4v) is 1.15. The molecular formula is C11H8ClNO. The highest BCUT2D eigenvalue weighted by molar-refractivity contribution is 6.30. The number of halogens is 1. The molecule has 0 saturated heterocycles. The number of nitrogens with zero attached hydrogens (tertiary/aromatic N) is 1. The van der Waals surface area contributed by atoms with E-state index in [0.717, 1.165) is 5.56 Å². The SMILES string of the molecule is N#CC=Cc1ccc(C(=O)CCl)cc1. The van der Waals surface area contributed by atoms with Gasteiger partial charge in [-0.05, 0) is 11.6 Å². The molecule has 0 aliphatic carbocycles. The third-order valence-corrected chi connectivity index (χ3v) is 1.95. The summed E-state index contributed by atoms with van der Waals surface area (Å²) in [6, 6.07) is 8.83. The van der Waals surface area contributed by atoms with Gasteiger partial charge in [-0.2, -0.15) is 5.26 Å². The molecule has 0 radical (unpaired) electrons. The number of rotatable bonds is 3. The zero-order valence-electron chi connectivity index (χ0n) is 7.40. The molecule has 70 valence electrons. The van der Waals surface area contributed by atoms with Crippen LogP contribution in [0.5, 0.6) is 0 Å². The largest absolute Gasteiger partial charge is 0.293 e. The highest BCUT2D eigenvalue weighted by Gasteiger charge is 2.01. The second kappa shape index (κ2) is 5.21. The Kier molecular flexibility index (Phi) is 3.90. The molecule has 0 fully saturated rings. The van der Waals surface area contributed by atoms with Crippen LogP contribution in [0.25, 0.3) is 6.08 Å². The lowest BCUT2D eigenvalue weighted by Gasteiger charge is -1.97. The normalized spacial score (nSPS) is 10.0. The van der Waals surface area contributed by atoms with Crippen LogP contribution in [0.1, 0.15) is 15.9 Å². The Morgan fingerprint density at radius 1 is 1.43 bits per heavy atom. The summed E-state index contributed by atoms with van der Waals surface area (Å²) in [5.41, 5.74) is 1.48. The van der Waals surface area contributed by atoms with Gasteiger partial charge in [0, 0.05) is 11.6 Å². The van der Waals surface area contributed by atoms with E-state index in [1.807, 2.05) is 6.07 Å². The summed E-state index contributed by atoms with van der Waals surface area (Å²) in [5.74, 6) is -0.101. The number of hydrogen-bond acceptors (Lipinski definition) is 2. The lowest BCUT2D eigenvalue weighted by atomic mass is 10.1. The third kappa shape index (κ3) is 2.72. The van der Waals surface area contributed by atoms with Crippen molar-refractivity contribution in [1.82, 2.24) is 0 Å². The number of carbonyl (C=O) groups is 1. The van der Waals surface area contributed by atoms with Gasteiger partial charge < -0.3 is 0 Å². The molecule has 1 aromatic carbocycles. The Labute approximate surface area is 87.4 Å². The van der Waals surface area contributed by atoms with E-state index in [-0.39, 0.29) is 11.7 Å². The highest BCUT2D eigenvalue weighted by atomic mass is 35.5. The predicted molar refractivity (Wildman–Crippen MR) is 56.1 cm³/mol. The summed E-state index contributed by atoms with van der Waals surface area (Å²) in [6.45, 7) is 0. The van der Waals surface area contributed by atoms with Gasteiger partial charge in [0.15, 0.2) is 5.78 Å². The van der Waals surface area contributed by atoms with Gasteiger partial charge in [-0.15, -0.1) is 11.6 Å². The van der Waals surface area contributed by atoms with Crippen LogP contribution in [0.3, 0.4) is 0 Å². The van der Waals surface area contributed by atoms with Crippen molar-refractivity contribution < 1.29 is 4.79 Å². The summed E-state index contributed by atoms with van der Waals surface area (Å²) in [7, 11) is 0. The molecule has 0 spiro atoms. The molecule has 1 aromatic rings. The van der Waals surface area contributed by atoms with Crippen molar-refractivity contribution in [3.63, 3.8) is 0 Å². The number of allylic oxidation sites excluding steroid dienone is 1. The molecule has 0 aliphatic heterocycles. The molecule has 0 atom stereocenters. The molecule has 0 unspecified atom stereocenters. The molecule has 0 saturated carbocycles. The summed E-state index contributed by atoms with van der Waals surface area (Å²) >= 11 is 5.40. The Hall–Kier alpha value is -1.59. The molecule has 1 rings (SSSR count). The third-order valence-electron chi connectivity index (χ3n) is 1.70. The van der Waals surface area contributed by atoms with E-state index in [9.17, 15) is 4.79 Å². The molecule has 0 aromatic heterocycles. The van der Waals surface area contributed by atoms with Crippen molar-refractivity contribution in [2.45, 2.75) is 0 Å². The Morgan fingerprint density at radius 2 is 2.07 bits per heavy atom. The number of carbonyl (C=O) groups excluding carboxylic acids is 1. The fraction of sp³-hybridized carbons (Fsp3) is 0.0909. The second-order valence-electron chi connectivity index (χ2n) is 2.64. The maximum atomic E-state index is 11.1. The van der Waals surface area contributed by atoms with Gasteiger partial charge in [0.05, 0.1) is 11.9 Å². The second-order valence-corrected chi connectivity index (χ2v) is 2.91. The van der Waals surface area contributed by atoms with E-state index in [2.05, 4.69) is 0 Å². The van der Waals surface area contributed by atoms with Crippen molar-refractivity contribution in [3.8, 4) is 6.07 Å². The number of nitriles is 1. The monoisotopic (exact) mass is 205 g/mol. The lowest BCUT2D eigenvalue weighted by molar-refractivity contribution is 0.102. The van der Waals surface area contributed by atoms with Gasteiger partial charge in [0.2, 0.25) is 0 Å². The highest BCUT2D eigenvalue weighted by Crippen LogP contribution is 2.07. The average molecular weight is 206 g/mol. The topological polar surface area (TPSA) is 40.9 Å². The number of alkyl halides is 1. The first-order chi connectivity index (χ1) is 6.77. The minimum Gasteiger partial charge on any atom is -0.293 e. The minimum atomic E-state index is -0.0949. The minimum absolute atomic E-state index is 0.00657. The summed E-state index contributed by atoms with van der Waals surface area (Å²) in [4.78, 5) is 11.1. The zero-order chi connectivity index (χ0) is 10.4. The van der Waals surface area contributed by atoms with Crippen molar-refractivity contribution in [2.24, 2.45) is 0 Å². The van der Waals surface area contributed by atoms with Gasteiger partial charge >= 0.3 is 0 Å². The molecule has 0 N–H and O–H groups in total. The molecule has 14 heavy (non-hydrogen) atoms. The first-order valence-corrected chi connectivity index (χ1v) is 4.57. The van der Waals surface area contributed by atoms with Crippen LogP contribution < -0.4 is 0 Å². The van der Waals surface area contributed by atoms with Crippen LogP contribution >= 0.6 is 11.6 Å². The maximum Gasteiger partial charge on any atom is 0.177 e. The van der Waals surface area contributed by atoms with E-state index >= 15 is 0 Å². The molecule has 0 aliphatic rings. The first kappa shape index (κ1) is 10.5. The van der Waals surface area contributed by atoms with E-state index in [0.29, 0.717) is 5.56 Å². The van der Waals surface area contributed by atoms with Gasteiger partial charge in [-0.1, -0.05) is 24.3 Å². The predicted octanol–water partition coefficient (Wildman–Crippen LogP) is 2.64. The molecule has 2 nitrogen and oxygen atoms in total. The molecule has 0 amide bonds. The molecule has 0 bridgehead atoms. The van der Waals surface area contributed by atoms with Gasteiger partial charge in [-0.25, -0.2) is 0 Å². The van der Waals surface area contributed by atoms with Crippen molar-refractivity contribution in [2.75, 3.05) is 5.88 Å². The van der Waals surface area contributed by atoms with Crippen molar-refractivity contribution >= 4 is 23.5 Å². The summed E-state index contributed by atoms with van der Waals surface area (Å²) in [5, 5.41) is 8.30. The average Bonchev–Trinajstić information content (AvgIpc) is 2.26. The Morgan fingerprint density at radius 3 is 2.57 bits per heavy atom. The number of benzene rings is 1. The number of ketones is 1. The van der Waals surface area contributed by atoms with Crippen LogP contribution in [-0.4, -0.2) is 11.7 Å². The van der Waals surface area contributed by atoms with Gasteiger partial charge in [-0.3, -0.25) is 4.79 Å². The van der Waals surface area contributed by atoms with Crippen molar-refractivity contribution in [1.29, 1.82) is 5.26 Å². The number of hydrogen-bond donors (Lipinski definition) is 0. The van der Waals surface area contributed by atoms with Crippen LogP contribution in [0.15, 0.2) is 30.3 Å². The summed E-state index contributed by atoms with van der Waals surface area (Å²) in [6.07, 6.45) is 3.06. The lowest BCUT2D eigenvalue weighted by Crippen LogP contribution is -1.99. The van der Waals surface area contributed by atoms with Crippen LogP contribution in [0.2, 0.25) is 0 Å². The molecule has 0 heterocycles. The standard InChI is InChI=1S/C11H8ClNO/c12-8-11(14)10-5-3-9(4-6-10)2-1-7-13/h1-6H,8H2. The van der Waals surface area contributed by atoms with Gasteiger partial charge in [0.1, 0.15) is 0 Å². The van der Waals surface area contributed by atoms with Crippen LogP contribution in [0, 0.1) is 11.3 Å². The Balaban J connectivity index is 2.85. The first-order valence-electron chi connectivity index (χ1n) is 4.03. The molecular weight excluding hydrogens is 198 g/mol. The van der Waals surface area contributed by atoms with Gasteiger partial charge in [0.25, 0.3) is 0 Å². The number of Topliss-reactive ketones (excluding diaryl/α,β-unsaturated/α-hetero) is 1. The quantitative estimate of drug-likeness (QED) is 0.433. The van der Waals surface area contributed by atoms with Crippen LogP contribution in [-0.2, 0) is 0 Å². The Bertz CT molecular complexity index is 387. The van der Waals surface area contributed by atoms with E-state index in [4.69, 9.17) is 16.9 Å². The smallest absolute Gasteiger partial charge is 0.177 e. The van der Waals surface area contributed by atoms with Crippen molar-refractivity contribution in [3.05, 3.63) is 41.5 Å². The summed E-state index contributed by atoms with van der Waals surface area (Å²) < 4.78 is 0. The van der Waals surface area contributed by atoms with E-state index < -0.39 is 0 Å². The van der Waals surface area contributed by atoms with E-state index in [1.165, 1.54) is 6.08 Å². The maximum absolute atomic E-state index is 11.1. The van der Waals surface area contributed by atoms with Crippen LogP contribution in [0.4, 0.5) is 0 Å². The zero-order valence-corrected chi connectivity index (χ0v) is 8.16. The molecule has 3 heteroatoms. The fourth-order valence-electron chi connectivity index (χ4n) is 0.991. The van der Waals surface area contributed by atoms with E-state index in [1.54, 1.807) is 30.3 Å².